The number of carbonyl (C=O) groups is 4. The number of phenolic OH excluding ortho intramolecular Hbond substituents is 1. The summed E-state index contributed by atoms with van der Waals surface area (Å²) in [6.07, 6.45) is 3.76. The third-order valence-electron chi connectivity index (χ3n) is 8.20. The van der Waals surface area contributed by atoms with Crippen LogP contribution in [0.4, 0.5) is 5.69 Å². The zero-order valence-corrected chi connectivity index (χ0v) is 22.3. The van der Waals surface area contributed by atoms with Crippen molar-refractivity contribution in [3.8, 4) is 11.5 Å². The molecule has 0 saturated carbocycles. The van der Waals surface area contributed by atoms with Gasteiger partial charge < -0.3 is 9.84 Å². The SMILES string of the molecule is COc1cccc(O)c1C1C2=CCC3C(=O)N(c4ccc(Br)cc4)C(=O)C3C2CC2=C1C(=O)C(C)=CC2=O. The van der Waals surface area contributed by atoms with Gasteiger partial charge in [0.2, 0.25) is 11.8 Å². The second-order valence-electron chi connectivity index (χ2n) is 10.1. The molecule has 2 aromatic carbocycles. The van der Waals surface area contributed by atoms with E-state index >= 15 is 0 Å². The lowest BCUT2D eigenvalue weighted by Crippen LogP contribution is -2.40. The largest absolute Gasteiger partial charge is 0.507 e. The number of phenols is 1. The minimum Gasteiger partial charge on any atom is -0.507 e. The number of methoxy groups -OCH3 is 1. The average molecular weight is 574 g/mol. The number of aromatic hydroxyl groups is 1. The van der Waals surface area contributed by atoms with Crippen molar-refractivity contribution < 1.29 is 29.0 Å². The zero-order chi connectivity index (χ0) is 26.9. The van der Waals surface area contributed by atoms with E-state index < -0.39 is 23.7 Å². The minimum absolute atomic E-state index is 0.0670. The Kier molecular flexibility index (Phi) is 5.76. The summed E-state index contributed by atoms with van der Waals surface area (Å²) in [4.78, 5) is 55.4. The Hall–Kier alpha value is -3.78. The van der Waals surface area contributed by atoms with Crippen molar-refractivity contribution in [3.05, 3.63) is 86.9 Å². The van der Waals surface area contributed by atoms with Gasteiger partial charge in [-0.1, -0.05) is 33.6 Å². The van der Waals surface area contributed by atoms with Crippen LogP contribution in [-0.4, -0.2) is 35.6 Å². The number of fused-ring (bicyclic) bond motifs is 3. The predicted octanol–water partition coefficient (Wildman–Crippen LogP) is 4.80. The molecule has 1 fully saturated rings. The van der Waals surface area contributed by atoms with E-state index in [0.717, 1.165) is 10.0 Å². The van der Waals surface area contributed by atoms with E-state index in [9.17, 15) is 24.3 Å². The Morgan fingerprint density at radius 1 is 1.00 bits per heavy atom. The van der Waals surface area contributed by atoms with Crippen LogP contribution in [0.2, 0.25) is 0 Å². The van der Waals surface area contributed by atoms with Crippen LogP contribution in [-0.2, 0) is 19.2 Å². The summed E-state index contributed by atoms with van der Waals surface area (Å²) in [5.41, 5.74) is 2.62. The van der Waals surface area contributed by atoms with Crippen LogP contribution < -0.4 is 9.64 Å². The maximum atomic E-state index is 13.9. The molecule has 0 spiro atoms. The molecule has 4 atom stereocenters. The van der Waals surface area contributed by atoms with Gasteiger partial charge in [-0.25, -0.2) is 0 Å². The highest BCUT2D eigenvalue weighted by Gasteiger charge is 2.57. The van der Waals surface area contributed by atoms with Crippen molar-refractivity contribution in [2.75, 3.05) is 12.0 Å². The number of ketones is 2. The Morgan fingerprint density at radius 3 is 2.45 bits per heavy atom. The Balaban J connectivity index is 1.52. The van der Waals surface area contributed by atoms with Gasteiger partial charge in [-0.15, -0.1) is 0 Å². The van der Waals surface area contributed by atoms with Crippen LogP contribution in [0.15, 0.2) is 81.4 Å². The Morgan fingerprint density at radius 2 is 1.74 bits per heavy atom. The molecule has 4 aliphatic rings. The number of carbonyl (C=O) groups excluding carboxylic acids is 4. The van der Waals surface area contributed by atoms with E-state index in [1.807, 2.05) is 6.08 Å². The Bertz CT molecular complexity index is 1530. The molecular formula is C30H24BrNO6. The molecule has 0 aromatic heterocycles. The number of amides is 2. The molecule has 192 valence electrons. The molecule has 8 heteroatoms. The number of Topliss-reactive ketones (excluding diaryl/α,β-unsaturated/α-hetero) is 1. The van der Waals surface area contributed by atoms with Gasteiger partial charge in [0.15, 0.2) is 11.6 Å². The molecule has 38 heavy (non-hydrogen) atoms. The summed E-state index contributed by atoms with van der Waals surface area (Å²) in [6.45, 7) is 1.61. The van der Waals surface area contributed by atoms with E-state index in [4.69, 9.17) is 4.74 Å². The average Bonchev–Trinajstić information content (AvgIpc) is 3.16. The van der Waals surface area contributed by atoms with Gasteiger partial charge in [0.25, 0.3) is 0 Å². The zero-order valence-electron chi connectivity index (χ0n) is 20.7. The second-order valence-corrected chi connectivity index (χ2v) is 11.0. The monoisotopic (exact) mass is 573 g/mol. The molecule has 1 aliphatic heterocycles. The van der Waals surface area contributed by atoms with E-state index in [-0.39, 0.29) is 35.6 Å². The molecule has 6 rings (SSSR count). The molecular weight excluding hydrogens is 550 g/mol. The number of imide groups is 1. The summed E-state index contributed by atoms with van der Waals surface area (Å²) in [6, 6.07) is 11.9. The first-order valence-corrected chi connectivity index (χ1v) is 13.2. The van der Waals surface area contributed by atoms with E-state index in [0.29, 0.717) is 40.1 Å². The number of hydrogen-bond donors (Lipinski definition) is 1. The molecule has 1 N–H and O–H groups in total. The molecule has 0 radical (unpaired) electrons. The number of anilines is 1. The first-order valence-electron chi connectivity index (χ1n) is 12.4. The van der Waals surface area contributed by atoms with Crippen LogP contribution in [0.5, 0.6) is 11.5 Å². The number of hydrogen-bond acceptors (Lipinski definition) is 6. The lowest BCUT2D eigenvalue weighted by molar-refractivity contribution is -0.123. The van der Waals surface area contributed by atoms with E-state index in [1.54, 1.807) is 43.3 Å². The number of nitrogens with zero attached hydrogens (tertiary/aromatic N) is 1. The van der Waals surface area contributed by atoms with Gasteiger partial charge >= 0.3 is 0 Å². The van der Waals surface area contributed by atoms with Gasteiger partial charge in [-0.3, -0.25) is 24.1 Å². The Labute approximate surface area is 227 Å². The van der Waals surface area contributed by atoms with E-state index in [1.165, 1.54) is 24.2 Å². The molecule has 1 saturated heterocycles. The van der Waals surface area contributed by atoms with Crippen LogP contribution in [0.3, 0.4) is 0 Å². The number of allylic oxidation sites excluding steroid dienone is 6. The van der Waals surface area contributed by atoms with Crippen molar-refractivity contribution >= 4 is 45.0 Å². The fourth-order valence-electron chi connectivity index (χ4n) is 6.54. The van der Waals surface area contributed by atoms with Crippen molar-refractivity contribution in [2.24, 2.45) is 17.8 Å². The van der Waals surface area contributed by atoms with Gasteiger partial charge in [0.05, 0.1) is 24.6 Å². The number of halogens is 1. The fraction of sp³-hybridized carbons (Fsp3) is 0.267. The highest BCUT2D eigenvalue weighted by atomic mass is 79.9. The standard InChI is InChI=1S/C30H24BrNO6/c1-14-12-22(34)20-13-19-17(25(26(20)28(14)35)27-21(33)4-3-5-23(27)38-2)10-11-18-24(19)30(37)32(29(18)36)16-8-6-15(31)7-9-16/h3-10,12,18-19,24-25,33H,11,13H2,1-2H3. The van der Waals surface area contributed by atoms with Gasteiger partial charge in [-0.05, 0) is 68.2 Å². The van der Waals surface area contributed by atoms with Crippen molar-refractivity contribution in [1.29, 1.82) is 0 Å². The van der Waals surface area contributed by atoms with Gasteiger partial charge in [-0.2, -0.15) is 0 Å². The first kappa shape index (κ1) is 24.6. The van der Waals surface area contributed by atoms with Crippen molar-refractivity contribution in [2.45, 2.75) is 25.7 Å². The molecule has 2 aromatic rings. The summed E-state index contributed by atoms with van der Waals surface area (Å²) >= 11 is 3.39. The first-order chi connectivity index (χ1) is 18.2. The van der Waals surface area contributed by atoms with Crippen LogP contribution in [0.1, 0.15) is 31.2 Å². The maximum Gasteiger partial charge on any atom is 0.238 e. The lowest BCUT2D eigenvalue weighted by atomic mass is 9.59. The quantitative estimate of drug-likeness (QED) is 0.321. The number of rotatable bonds is 3. The molecule has 7 nitrogen and oxygen atoms in total. The van der Waals surface area contributed by atoms with E-state index in [2.05, 4.69) is 15.9 Å². The summed E-state index contributed by atoms with van der Waals surface area (Å²) in [5, 5.41) is 11.0. The molecule has 2 amide bonds. The van der Waals surface area contributed by atoms with Crippen LogP contribution in [0, 0.1) is 17.8 Å². The second kappa shape index (κ2) is 8.91. The molecule has 1 heterocycles. The third kappa shape index (κ3) is 3.46. The highest BCUT2D eigenvalue weighted by Crippen LogP contribution is 2.57. The van der Waals surface area contributed by atoms with Gasteiger partial charge in [0, 0.05) is 32.7 Å². The number of benzene rings is 2. The van der Waals surface area contributed by atoms with Crippen LogP contribution >= 0.6 is 15.9 Å². The minimum atomic E-state index is -0.773. The van der Waals surface area contributed by atoms with Crippen LogP contribution in [0.25, 0.3) is 0 Å². The maximum absolute atomic E-state index is 13.9. The van der Waals surface area contributed by atoms with Crippen molar-refractivity contribution in [3.63, 3.8) is 0 Å². The smallest absolute Gasteiger partial charge is 0.238 e. The summed E-state index contributed by atoms with van der Waals surface area (Å²) < 4.78 is 6.41. The molecule has 0 bridgehead atoms. The fourth-order valence-corrected chi connectivity index (χ4v) is 6.80. The normalized spacial score (nSPS) is 26.6. The molecule has 4 unspecified atom stereocenters. The summed E-state index contributed by atoms with van der Waals surface area (Å²) in [5.74, 6) is -3.32. The topological polar surface area (TPSA) is 101 Å². The predicted molar refractivity (Wildman–Crippen MR) is 143 cm³/mol. The highest BCUT2D eigenvalue weighted by molar-refractivity contribution is 9.10. The van der Waals surface area contributed by atoms with Gasteiger partial charge in [0.1, 0.15) is 11.5 Å². The lowest BCUT2D eigenvalue weighted by Gasteiger charge is -2.42. The third-order valence-corrected chi connectivity index (χ3v) is 8.73. The number of ether oxygens (including phenoxy) is 1. The summed E-state index contributed by atoms with van der Waals surface area (Å²) in [7, 11) is 1.48. The molecule has 3 aliphatic carbocycles. The van der Waals surface area contributed by atoms with Crippen molar-refractivity contribution in [1.82, 2.24) is 0 Å².